The van der Waals surface area contributed by atoms with E-state index in [4.69, 9.17) is 10.5 Å². The van der Waals surface area contributed by atoms with E-state index in [2.05, 4.69) is 0 Å². The van der Waals surface area contributed by atoms with E-state index in [1.807, 2.05) is 30.3 Å². The Bertz CT molecular complexity index is 379. The number of nitrogens with two attached hydrogens (primary N) is 1. The Balaban J connectivity index is 1.90. The Hall–Kier alpha value is -1.39. The van der Waals surface area contributed by atoms with Crippen molar-refractivity contribution in [1.82, 2.24) is 0 Å². The van der Waals surface area contributed by atoms with Gasteiger partial charge in [0, 0.05) is 0 Å². The highest BCUT2D eigenvalue weighted by atomic mass is 16.5. The largest absolute Gasteiger partial charge is 0.377 e. The first-order valence-electron chi connectivity index (χ1n) is 5.31. The van der Waals surface area contributed by atoms with Gasteiger partial charge in [0.2, 0.25) is 0 Å². The van der Waals surface area contributed by atoms with Crippen LogP contribution in [0.5, 0.6) is 0 Å². The van der Waals surface area contributed by atoms with Gasteiger partial charge < -0.3 is 15.6 Å². The van der Waals surface area contributed by atoms with Crippen molar-refractivity contribution in [3.63, 3.8) is 0 Å². The Morgan fingerprint density at radius 3 is 2.69 bits per heavy atom. The molecule has 1 aliphatic rings. The normalized spacial score (nSPS) is 28.4. The van der Waals surface area contributed by atoms with Crippen LogP contribution in [0.25, 0.3) is 0 Å². The fraction of sp³-hybridized carbons (Fsp3) is 0.417. The van der Waals surface area contributed by atoms with Gasteiger partial charge in [0.25, 0.3) is 5.91 Å². The van der Waals surface area contributed by atoms with Crippen molar-refractivity contribution in [2.75, 3.05) is 0 Å². The molecule has 4 heteroatoms. The van der Waals surface area contributed by atoms with Gasteiger partial charge in [-0.3, -0.25) is 4.79 Å². The lowest BCUT2D eigenvalue weighted by molar-refractivity contribution is -0.187. The third-order valence-corrected chi connectivity index (χ3v) is 3.04. The standard InChI is InChI=1S/C12H15NO3/c13-11(14)12(15)7-6-10(12)16-8-9-4-2-1-3-5-9/h1-5,10,15H,6-8H2,(H2,13,14). The number of primary amides is 1. The van der Waals surface area contributed by atoms with Crippen molar-refractivity contribution in [3.8, 4) is 0 Å². The molecule has 1 fully saturated rings. The summed E-state index contributed by atoms with van der Waals surface area (Å²) in [4.78, 5) is 11.0. The van der Waals surface area contributed by atoms with E-state index in [1.165, 1.54) is 0 Å². The third-order valence-electron chi connectivity index (χ3n) is 3.04. The molecule has 2 unspecified atom stereocenters. The van der Waals surface area contributed by atoms with E-state index in [-0.39, 0.29) is 0 Å². The molecule has 2 atom stereocenters. The minimum absolute atomic E-state index is 0.390. The molecular weight excluding hydrogens is 206 g/mol. The zero-order valence-electron chi connectivity index (χ0n) is 8.93. The maximum absolute atomic E-state index is 11.0. The highest BCUT2D eigenvalue weighted by Gasteiger charge is 2.51. The van der Waals surface area contributed by atoms with E-state index in [0.29, 0.717) is 19.4 Å². The van der Waals surface area contributed by atoms with Gasteiger partial charge >= 0.3 is 0 Å². The van der Waals surface area contributed by atoms with Crippen LogP contribution >= 0.6 is 0 Å². The maximum Gasteiger partial charge on any atom is 0.252 e. The van der Waals surface area contributed by atoms with Gasteiger partial charge in [-0.1, -0.05) is 30.3 Å². The molecule has 2 rings (SSSR count). The van der Waals surface area contributed by atoms with Gasteiger partial charge in [0.15, 0.2) is 5.60 Å². The van der Waals surface area contributed by atoms with Gasteiger partial charge in [0.05, 0.1) is 12.7 Å². The summed E-state index contributed by atoms with van der Waals surface area (Å²) in [6.45, 7) is 0.390. The minimum atomic E-state index is -1.46. The molecule has 1 amide bonds. The number of benzene rings is 1. The van der Waals surface area contributed by atoms with Crippen LogP contribution in [0.2, 0.25) is 0 Å². The topological polar surface area (TPSA) is 72.6 Å². The molecule has 4 nitrogen and oxygen atoms in total. The molecule has 86 valence electrons. The fourth-order valence-electron chi connectivity index (χ4n) is 1.81. The van der Waals surface area contributed by atoms with E-state index in [1.54, 1.807) is 0 Å². The molecule has 0 heterocycles. The van der Waals surface area contributed by atoms with Gasteiger partial charge in [-0.05, 0) is 18.4 Å². The van der Waals surface area contributed by atoms with Crippen LogP contribution in [0.4, 0.5) is 0 Å². The molecule has 1 aromatic rings. The lowest BCUT2D eigenvalue weighted by Crippen LogP contribution is -2.61. The second-order valence-corrected chi connectivity index (χ2v) is 4.11. The van der Waals surface area contributed by atoms with Crippen LogP contribution < -0.4 is 5.73 Å². The van der Waals surface area contributed by atoms with Gasteiger partial charge in [-0.2, -0.15) is 0 Å². The number of aliphatic hydroxyl groups is 1. The van der Waals surface area contributed by atoms with Crippen LogP contribution in [0, 0.1) is 0 Å². The highest BCUT2D eigenvalue weighted by molar-refractivity contribution is 5.85. The summed E-state index contributed by atoms with van der Waals surface area (Å²) in [5, 5.41) is 9.83. The molecule has 0 aliphatic heterocycles. The molecule has 1 aromatic carbocycles. The lowest BCUT2D eigenvalue weighted by Gasteiger charge is -2.42. The van der Waals surface area contributed by atoms with Crippen LogP contribution in [0.1, 0.15) is 18.4 Å². The molecule has 1 aliphatic carbocycles. The van der Waals surface area contributed by atoms with Crippen molar-refractivity contribution in [1.29, 1.82) is 0 Å². The number of carbonyl (C=O) groups is 1. The molecule has 0 saturated heterocycles. The summed E-state index contributed by atoms with van der Waals surface area (Å²) in [5.74, 6) is -0.697. The number of hydrogen-bond acceptors (Lipinski definition) is 3. The molecular formula is C12H15NO3. The Morgan fingerprint density at radius 2 is 2.19 bits per heavy atom. The van der Waals surface area contributed by atoms with Crippen LogP contribution in [-0.4, -0.2) is 22.7 Å². The van der Waals surface area contributed by atoms with E-state index in [0.717, 1.165) is 5.56 Å². The van der Waals surface area contributed by atoms with Crippen LogP contribution in [-0.2, 0) is 16.1 Å². The van der Waals surface area contributed by atoms with Crippen molar-refractivity contribution in [3.05, 3.63) is 35.9 Å². The second kappa shape index (κ2) is 4.23. The average molecular weight is 221 g/mol. The monoisotopic (exact) mass is 221 g/mol. The Kier molecular flexibility index (Phi) is 2.94. The molecule has 3 N–H and O–H groups in total. The molecule has 0 aromatic heterocycles. The van der Waals surface area contributed by atoms with Gasteiger partial charge in [0.1, 0.15) is 0 Å². The van der Waals surface area contributed by atoms with E-state index >= 15 is 0 Å². The summed E-state index contributed by atoms with van der Waals surface area (Å²) >= 11 is 0. The Morgan fingerprint density at radius 1 is 1.50 bits per heavy atom. The molecule has 0 spiro atoms. The van der Waals surface area contributed by atoms with Gasteiger partial charge in [-0.15, -0.1) is 0 Å². The quantitative estimate of drug-likeness (QED) is 0.781. The number of ether oxygens (including phenoxy) is 1. The van der Waals surface area contributed by atoms with Crippen LogP contribution in [0.3, 0.4) is 0 Å². The number of hydrogen-bond donors (Lipinski definition) is 2. The first-order chi connectivity index (χ1) is 7.63. The van der Waals surface area contributed by atoms with Crippen molar-refractivity contribution in [2.45, 2.75) is 31.2 Å². The summed E-state index contributed by atoms with van der Waals surface area (Å²) in [7, 11) is 0. The molecule has 0 radical (unpaired) electrons. The lowest BCUT2D eigenvalue weighted by atomic mass is 9.76. The molecule has 1 saturated carbocycles. The first-order valence-corrected chi connectivity index (χ1v) is 5.31. The average Bonchev–Trinajstić information content (AvgIpc) is 2.28. The smallest absolute Gasteiger partial charge is 0.252 e. The summed E-state index contributed by atoms with van der Waals surface area (Å²) in [5.41, 5.74) is 4.67. The first kappa shape index (κ1) is 11.1. The minimum Gasteiger partial charge on any atom is -0.377 e. The third kappa shape index (κ3) is 1.94. The zero-order chi connectivity index (χ0) is 11.6. The maximum atomic E-state index is 11.0. The molecule has 16 heavy (non-hydrogen) atoms. The van der Waals surface area contributed by atoms with Crippen molar-refractivity contribution in [2.24, 2.45) is 5.73 Å². The summed E-state index contributed by atoms with van der Waals surface area (Å²) in [6, 6.07) is 9.62. The number of rotatable bonds is 4. The Labute approximate surface area is 94.0 Å². The fourth-order valence-corrected chi connectivity index (χ4v) is 1.81. The van der Waals surface area contributed by atoms with Crippen molar-refractivity contribution < 1.29 is 14.6 Å². The van der Waals surface area contributed by atoms with Crippen molar-refractivity contribution >= 4 is 5.91 Å². The number of amides is 1. The molecule has 0 bridgehead atoms. The number of carbonyl (C=O) groups excluding carboxylic acids is 1. The predicted octanol–water partition coefficient (Wildman–Crippen LogP) is 0.582. The zero-order valence-corrected chi connectivity index (χ0v) is 8.93. The van der Waals surface area contributed by atoms with E-state index in [9.17, 15) is 9.90 Å². The highest BCUT2D eigenvalue weighted by Crippen LogP contribution is 2.35. The summed E-state index contributed by atoms with van der Waals surface area (Å²) < 4.78 is 5.49. The predicted molar refractivity (Wildman–Crippen MR) is 58.4 cm³/mol. The SMILES string of the molecule is NC(=O)C1(O)CCC1OCc1ccccc1. The van der Waals surface area contributed by atoms with Gasteiger partial charge in [-0.25, -0.2) is 0 Å². The summed E-state index contributed by atoms with van der Waals surface area (Å²) in [6.07, 6.45) is 0.596. The van der Waals surface area contributed by atoms with Crippen LogP contribution in [0.15, 0.2) is 30.3 Å². The van der Waals surface area contributed by atoms with E-state index < -0.39 is 17.6 Å². The second-order valence-electron chi connectivity index (χ2n) is 4.11.